The molecule has 0 aliphatic carbocycles. The second kappa shape index (κ2) is 7.01. The van der Waals surface area contributed by atoms with E-state index < -0.39 is 0 Å². The van der Waals surface area contributed by atoms with Crippen LogP contribution in [0.4, 0.5) is 0 Å². The van der Waals surface area contributed by atoms with Gasteiger partial charge in [-0.3, -0.25) is 9.88 Å². The minimum absolute atomic E-state index is 0.647. The van der Waals surface area contributed by atoms with Crippen molar-refractivity contribution in [3.63, 3.8) is 0 Å². The van der Waals surface area contributed by atoms with E-state index in [1.807, 2.05) is 0 Å². The average molecular weight is 261 g/mol. The van der Waals surface area contributed by atoms with Crippen molar-refractivity contribution >= 4 is 0 Å². The normalized spacial score (nSPS) is 23.8. The fourth-order valence-corrected chi connectivity index (χ4v) is 3.01. The first-order valence-corrected chi connectivity index (χ1v) is 7.52. The van der Waals surface area contributed by atoms with Crippen LogP contribution < -0.4 is 5.32 Å². The molecule has 2 unspecified atom stereocenters. The number of hydrogen-bond acceptors (Lipinski definition) is 3. The monoisotopic (exact) mass is 261 g/mol. The number of nitrogens with zero attached hydrogens (tertiary/aromatic N) is 2. The van der Waals surface area contributed by atoms with Gasteiger partial charge in [-0.25, -0.2) is 0 Å². The van der Waals surface area contributed by atoms with Gasteiger partial charge < -0.3 is 5.32 Å². The van der Waals surface area contributed by atoms with Crippen LogP contribution in [-0.2, 0) is 6.54 Å². The summed E-state index contributed by atoms with van der Waals surface area (Å²) in [6, 6.07) is 6.91. The maximum atomic E-state index is 4.58. The SMILES string of the molecule is CCC1CCNC(CN(C)Cc2cccc(C)n2)C1. The first-order chi connectivity index (χ1) is 9.17. The third-order valence-electron chi connectivity index (χ3n) is 4.09. The quantitative estimate of drug-likeness (QED) is 0.883. The van der Waals surface area contributed by atoms with Gasteiger partial charge in [-0.15, -0.1) is 0 Å². The molecule has 0 bridgehead atoms. The lowest BCUT2D eigenvalue weighted by molar-refractivity contribution is 0.219. The molecule has 2 atom stereocenters. The lowest BCUT2D eigenvalue weighted by Gasteiger charge is -2.32. The van der Waals surface area contributed by atoms with Crippen LogP contribution in [0.1, 0.15) is 37.6 Å². The lowest BCUT2D eigenvalue weighted by Crippen LogP contribution is -2.44. The lowest BCUT2D eigenvalue weighted by atomic mass is 9.90. The van der Waals surface area contributed by atoms with E-state index in [-0.39, 0.29) is 0 Å². The summed E-state index contributed by atoms with van der Waals surface area (Å²) in [7, 11) is 2.20. The zero-order valence-corrected chi connectivity index (χ0v) is 12.5. The van der Waals surface area contributed by atoms with Crippen molar-refractivity contribution in [1.29, 1.82) is 0 Å². The minimum Gasteiger partial charge on any atom is -0.313 e. The van der Waals surface area contributed by atoms with Crippen molar-refractivity contribution < 1.29 is 0 Å². The first kappa shape index (κ1) is 14.5. The highest BCUT2D eigenvalue weighted by atomic mass is 15.1. The van der Waals surface area contributed by atoms with Crippen LogP contribution in [-0.4, -0.2) is 36.1 Å². The maximum absolute atomic E-state index is 4.58. The average Bonchev–Trinajstić information content (AvgIpc) is 2.38. The van der Waals surface area contributed by atoms with Crippen molar-refractivity contribution in [2.24, 2.45) is 5.92 Å². The first-order valence-electron chi connectivity index (χ1n) is 7.52. The zero-order chi connectivity index (χ0) is 13.7. The van der Waals surface area contributed by atoms with E-state index >= 15 is 0 Å². The predicted octanol–water partition coefficient (Wildman–Crippen LogP) is 2.60. The predicted molar refractivity (Wildman–Crippen MR) is 80.1 cm³/mol. The molecule has 0 radical (unpaired) electrons. The van der Waals surface area contributed by atoms with Gasteiger partial charge in [0, 0.05) is 24.8 Å². The van der Waals surface area contributed by atoms with Gasteiger partial charge in [0.25, 0.3) is 0 Å². The molecule has 1 N–H and O–H groups in total. The van der Waals surface area contributed by atoms with Crippen LogP contribution in [0, 0.1) is 12.8 Å². The van der Waals surface area contributed by atoms with Crippen LogP contribution in [0.2, 0.25) is 0 Å². The molecule has 1 aromatic heterocycles. The van der Waals surface area contributed by atoms with Crippen LogP contribution in [0.15, 0.2) is 18.2 Å². The second-order valence-corrected chi connectivity index (χ2v) is 5.92. The molecule has 3 nitrogen and oxygen atoms in total. The summed E-state index contributed by atoms with van der Waals surface area (Å²) >= 11 is 0. The molecule has 106 valence electrons. The van der Waals surface area contributed by atoms with Crippen molar-refractivity contribution in [1.82, 2.24) is 15.2 Å². The van der Waals surface area contributed by atoms with Gasteiger partial charge in [0.1, 0.15) is 0 Å². The van der Waals surface area contributed by atoms with E-state index in [4.69, 9.17) is 0 Å². The van der Waals surface area contributed by atoms with Gasteiger partial charge in [-0.05, 0) is 51.4 Å². The van der Waals surface area contributed by atoms with Crippen molar-refractivity contribution in [2.75, 3.05) is 20.1 Å². The summed E-state index contributed by atoms with van der Waals surface area (Å²) in [5, 5.41) is 3.65. The minimum atomic E-state index is 0.647. The van der Waals surface area contributed by atoms with Crippen LogP contribution >= 0.6 is 0 Å². The Morgan fingerprint density at radius 2 is 2.26 bits per heavy atom. The Hall–Kier alpha value is -0.930. The zero-order valence-electron chi connectivity index (χ0n) is 12.5. The van der Waals surface area contributed by atoms with Gasteiger partial charge in [0.15, 0.2) is 0 Å². The van der Waals surface area contributed by atoms with Gasteiger partial charge in [0.2, 0.25) is 0 Å². The Morgan fingerprint density at radius 3 is 3.00 bits per heavy atom. The van der Waals surface area contributed by atoms with Crippen LogP contribution in [0.3, 0.4) is 0 Å². The summed E-state index contributed by atoms with van der Waals surface area (Å²) in [5.74, 6) is 0.914. The Kier molecular flexibility index (Phi) is 5.34. The van der Waals surface area contributed by atoms with E-state index in [0.717, 1.165) is 24.7 Å². The summed E-state index contributed by atoms with van der Waals surface area (Å²) in [6.07, 6.45) is 3.99. The molecule has 0 saturated carbocycles. The standard InChI is InChI=1S/C16H27N3/c1-4-14-8-9-17-16(10-14)12-19(3)11-15-7-5-6-13(2)18-15/h5-7,14,16-17H,4,8-12H2,1-3H3. The van der Waals surface area contributed by atoms with E-state index in [9.17, 15) is 0 Å². The molecule has 1 aromatic rings. The number of hydrogen-bond donors (Lipinski definition) is 1. The molecule has 2 heterocycles. The summed E-state index contributed by atoms with van der Waals surface area (Å²) in [4.78, 5) is 6.96. The van der Waals surface area contributed by atoms with Crippen molar-refractivity contribution in [3.05, 3.63) is 29.6 Å². The summed E-state index contributed by atoms with van der Waals surface area (Å²) in [5.41, 5.74) is 2.28. The number of aromatic nitrogens is 1. The molecule has 19 heavy (non-hydrogen) atoms. The molecule has 1 aliphatic heterocycles. The van der Waals surface area contributed by atoms with Gasteiger partial charge in [-0.2, -0.15) is 0 Å². The number of aryl methyl sites for hydroxylation is 1. The molecule has 0 aromatic carbocycles. The molecule has 0 spiro atoms. The number of rotatable bonds is 5. The number of pyridine rings is 1. The van der Waals surface area contributed by atoms with Crippen molar-refractivity contribution in [3.8, 4) is 0 Å². The molecular formula is C16H27N3. The highest BCUT2D eigenvalue weighted by Crippen LogP contribution is 2.19. The smallest absolute Gasteiger partial charge is 0.0547 e. The number of nitrogens with one attached hydrogen (secondary N) is 1. The van der Waals surface area contributed by atoms with E-state index in [2.05, 4.69) is 54.3 Å². The fourth-order valence-electron chi connectivity index (χ4n) is 3.01. The Balaban J connectivity index is 1.82. The van der Waals surface area contributed by atoms with E-state index in [1.165, 1.54) is 31.5 Å². The highest BCUT2D eigenvalue weighted by molar-refractivity contribution is 5.09. The molecule has 2 rings (SSSR count). The Morgan fingerprint density at radius 1 is 1.42 bits per heavy atom. The topological polar surface area (TPSA) is 28.2 Å². The molecular weight excluding hydrogens is 234 g/mol. The highest BCUT2D eigenvalue weighted by Gasteiger charge is 2.21. The van der Waals surface area contributed by atoms with Gasteiger partial charge >= 0.3 is 0 Å². The molecule has 1 aliphatic rings. The van der Waals surface area contributed by atoms with Crippen LogP contribution in [0.25, 0.3) is 0 Å². The molecule has 0 amide bonds. The Labute approximate surface area is 117 Å². The Bertz CT molecular complexity index is 391. The van der Waals surface area contributed by atoms with Crippen molar-refractivity contribution in [2.45, 2.75) is 45.7 Å². The maximum Gasteiger partial charge on any atom is 0.0547 e. The number of piperidine rings is 1. The van der Waals surface area contributed by atoms with Crippen LogP contribution in [0.5, 0.6) is 0 Å². The van der Waals surface area contributed by atoms with E-state index in [1.54, 1.807) is 0 Å². The number of likely N-dealkylation sites (N-methyl/N-ethyl adjacent to an activating group) is 1. The second-order valence-electron chi connectivity index (χ2n) is 5.92. The van der Waals surface area contributed by atoms with Gasteiger partial charge in [0.05, 0.1) is 5.69 Å². The summed E-state index contributed by atoms with van der Waals surface area (Å²) < 4.78 is 0. The third-order valence-corrected chi connectivity index (χ3v) is 4.09. The molecule has 1 saturated heterocycles. The molecule has 1 fully saturated rings. The molecule has 3 heteroatoms. The summed E-state index contributed by atoms with van der Waals surface area (Å²) in [6.45, 7) is 7.61. The third kappa shape index (κ3) is 4.59. The fraction of sp³-hybridized carbons (Fsp3) is 0.688. The van der Waals surface area contributed by atoms with E-state index in [0.29, 0.717) is 6.04 Å². The largest absolute Gasteiger partial charge is 0.313 e. The van der Waals surface area contributed by atoms with Gasteiger partial charge in [-0.1, -0.05) is 19.4 Å².